The second-order valence-electron chi connectivity index (χ2n) is 6.27. The van der Waals surface area contributed by atoms with Crippen molar-refractivity contribution in [1.29, 1.82) is 0 Å². The summed E-state index contributed by atoms with van der Waals surface area (Å²) >= 11 is 0. The first-order chi connectivity index (χ1) is 13.1. The molecule has 5 nitrogen and oxygen atoms in total. The maximum Gasteiger partial charge on any atom is 0.204 e. The minimum atomic E-state index is -0.156. The maximum absolute atomic E-state index is 13.1. The average Bonchev–Trinajstić information content (AvgIpc) is 2.68. The van der Waals surface area contributed by atoms with Gasteiger partial charge in [0.25, 0.3) is 0 Å². The van der Waals surface area contributed by atoms with Crippen LogP contribution in [0.1, 0.15) is 56.0 Å². The molecule has 0 aliphatic heterocycles. The number of nitrogens with two attached hydrogens (primary N) is 1. The quantitative estimate of drug-likeness (QED) is 0.451. The van der Waals surface area contributed by atoms with E-state index < -0.39 is 0 Å². The molecule has 27 heavy (non-hydrogen) atoms. The Hall–Kier alpha value is -2.69. The topological polar surface area (TPSA) is 70.8 Å². The van der Waals surface area contributed by atoms with E-state index in [0.29, 0.717) is 53.9 Å². The third-order valence-corrected chi connectivity index (χ3v) is 3.83. The lowest BCUT2D eigenvalue weighted by Crippen LogP contribution is -2.10. The summed E-state index contributed by atoms with van der Waals surface area (Å²) in [5.74, 6) is 1.37. The van der Waals surface area contributed by atoms with Gasteiger partial charge in [0.1, 0.15) is 0 Å². The second kappa shape index (κ2) is 10.5. The van der Waals surface area contributed by atoms with Gasteiger partial charge in [-0.2, -0.15) is 0 Å². The van der Waals surface area contributed by atoms with Crippen LogP contribution in [0.5, 0.6) is 17.2 Å². The van der Waals surface area contributed by atoms with Crippen molar-refractivity contribution in [3.05, 3.63) is 47.5 Å². The molecule has 0 aliphatic carbocycles. The van der Waals surface area contributed by atoms with Crippen molar-refractivity contribution >= 4 is 11.5 Å². The van der Waals surface area contributed by atoms with Crippen molar-refractivity contribution < 1.29 is 19.0 Å². The predicted molar refractivity (Wildman–Crippen MR) is 108 cm³/mol. The first-order valence-electron chi connectivity index (χ1n) is 9.57. The normalized spacial score (nSPS) is 10.5. The van der Waals surface area contributed by atoms with Crippen molar-refractivity contribution in [2.24, 2.45) is 0 Å². The molecule has 2 aromatic carbocycles. The van der Waals surface area contributed by atoms with Gasteiger partial charge in [0.05, 0.1) is 25.4 Å². The summed E-state index contributed by atoms with van der Waals surface area (Å²) in [6, 6.07) is 10.4. The minimum Gasteiger partial charge on any atom is -0.490 e. The Balaban J connectivity index is 2.52. The fraction of sp³-hybridized carbons (Fsp3) is 0.409. The van der Waals surface area contributed by atoms with Crippen molar-refractivity contribution in [3.8, 4) is 17.2 Å². The molecule has 0 spiro atoms. The molecule has 146 valence electrons. The lowest BCUT2D eigenvalue weighted by atomic mass is 10.0. The highest BCUT2D eigenvalue weighted by Crippen LogP contribution is 2.41. The van der Waals surface area contributed by atoms with Crippen LogP contribution in [0.25, 0.3) is 0 Å². The Morgan fingerprint density at radius 1 is 0.852 bits per heavy atom. The standard InChI is InChI=1S/C22H29NO4/c1-4-12-25-19-11-10-18(20(24)16-8-7-9-17(23)15-16)21(26-13-5-2)22(19)27-14-6-3/h7-11,15H,4-6,12-14,23H2,1-3H3. The number of carbonyl (C=O) groups is 1. The highest BCUT2D eigenvalue weighted by molar-refractivity contribution is 6.11. The molecule has 0 saturated carbocycles. The monoisotopic (exact) mass is 371 g/mol. The molecule has 5 heteroatoms. The lowest BCUT2D eigenvalue weighted by molar-refractivity contribution is 0.103. The van der Waals surface area contributed by atoms with Gasteiger partial charge >= 0.3 is 0 Å². The predicted octanol–water partition coefficient (Wildman–Crippen LogP) is 4.87. The minimum absolute atomic E-state index is 0.156. The van der Waals surface area contributed by atoms with E-state index in [-0.39, 0.29) is 5.78 Å². The van der Waals surface area contributed by atoms with Crippen molar-refractivity contribution in [2.75, 3.05) is 25.6 Å². The summed E-state index contributed by atoms with van der Waals surface area (Å²) in [4.78, 5) is 13.1. The van der Waals surface area contributed by atoms with Gasteiger partial charge in [0.15, 0.2) is 17.3 Å². The Kier molecular flexibility index (Phi) is 7.99. The Bertz CT molecular complexity index is 758. The fourth-order valence-electron chi connectivity index (χ4n) is 2.57. The van der Waals surface area contributed by atoms with E-state index in [1.54, 1.807) is 36.4 Å². The van der Waals surface area contributed by atoms with Crippen LogP contribution < -0.4 is 19.9 Å². The number of anilines is 1. The number of rotatable bonds is 11. The molecule has 0 fully saturated rings. The fourth-order valence-corrected chi connectivity index (χ4v) is 2.57. The highest BCUT2D eigenvalue weighted by atomic mass is 16.5. The van der Waals surface area contributed by atoms with E-state index in [9.17, 15) is 4.79 Å². The molecule has 2 rings (SSSR count). The Labute approximate surface area is 161 Å². The SMILES string of the molecule is CCCOc1ccc(C(=O)c2cccc(N)c2)c(OCCC)c1OCCC. The van der Waals surface area contributed by atoms with Crippen LogP contribution in [0.3, 0.4) is 0 Å². The number of ketones is 1. The van der Waals surface area contributed by atoms with Gasteiger partial charge in [0, 0.05) is 11.3 Å². The van der Waals surface area contributed by atoms with Gasteiger partial charge in [-0.05, 0) is 43.5 Å². The van der Waals surface area contributed by atoms with Crippen LogP contribution in [0.4, 0.5) is 5.69 Å². The zero-order valence-electron chi connectivity index (χ0n) is 16.4. The largest absolute Gasteiger partial charge is 0.490 e. The Morgan fingerprint density at radius 3 is 2.11 bits per heavy atom. The summed E-state index contributed by atoms with van der Waals surface area (Å²) in [7, 11) is 0. The molecule has 2 N–H and O–H groups in total. The number of nitrogen functional groups attached to an aromatic ring is 1. The number of ether oxygens (including phenoxy) is 3. The van der Waals surface area contributed by atoms with Crippen LogP contribution in [-0.4, -0.2) is 25.6 Å². The molecule has 0 bridgehead atoms. The molecule has 2 aromatic rings. The van der Waals surface area contributed by atoms with Gasteiger partial charge in [-0.25, -0.2) is 0 Å². The molecule has 0 radical (unpaired) electrons. The van der Waals surface area contributed by atoms with Gasteiger partial charge in [-0.1, -0.05) is 32.9 Å². The summed E-state index contributed by atoms with van der Waals surface area (Å²) in [6.07, 6.45) is 2.54. The summed E-state index contributed by atoms with van der Waals surface area (Å²) < 4.78 is 17.7. The Morgan fingerprint density at radius 2 is 1.48 bits per heavy atom. The summed E-state index contributed by atoms with van der Waals surface area (Å²) in [5, 5.41) is 0. The molecule has 0 atom stereocenters. The molecule has 0 unspecified atom stereocenters. The molecule has 0 aliphatic rings. The lowest BCUT2D eigenvalue weighted by Gasteiger charge is -2.19. The first kappa shape index (κ1) is 20.6. The molecule has 0 amide bonds. The van der Waals surface area contributed by atoms with Gasteiger partial charge < -0.3 is 19.9 Å². The van der Waals surface area contributed by atoms with Crippen molar-refractivity contribution in [3.63, 3.8) is 0 Å². The zero-order chi connectivity index (χ0) is 19.6. The molecule has 0 heterocycles. The van der Waals surface area contributed by atoms with E-state index in [1.165, 1.54) is 0 Å². The van der Waals surface area contributed by atoms with Gasteiger partial charge in [-0.3, -0.25) is 4.79 Å². The van der Waals surface area contributed by atoms with E-state index in [1.807, 2.05) is 20.8 Å². The third kappa shape index (κ3) is 5.39. The molecular weight excluding hydrogens is 342 g/mol. The van der Waals surface area contributed by atoms with Crippen LogP contribution in [0.15, 0.2) is 36.4 Å². The smallest absolute Gasteiger partial charge is 0.204 e. The zero-order valence-corrected chi connectivity index (χ0v) is 16.4. The summed E-state index contributed by atoms with van der Waals surface area (Å²) in [5.41, 5.74) is 7.34. The maximum atomic E-state index is 13.1. The van der Waals surface area contributed by atoms with Crippen LogP contribution >= 0.6 is 0 Å². The number of carbonyl (C=O) groups excluding carboxylic acids is 1. The van der Waals surface area contributed by atoms with E-state index in [4.69, 9.17) is 19.9 Å². The molecule has 0 aromatic heterocycles. The van der Waals surface area contributed by atoms with Crippen molar-refractivity contribution in [2.45, 2.75) is 40.0 Å². The van der Waals surface area contributed by atoms with E-state index in [2.05, 4.69) is 0 Å². The van der Waals surface area contributed by atoms with Gasteiger partial charge in [-0.15, -0.1) is 0 Å². The second-order valence-corrected chi connectivity index (χ2v) is 6.27. The van der Waals surface area contributed by atoms with Crippen LogP contribution in [0, 0.1) is 0 Å². The number of hydrogen-bond donors (Lipinski definition) is 1. The van der Waals surface area contributed by atoms with E-state index in [0.717, 1.165) is 19.3 Å². The first-order valence-corrected chi connectivity index (χ1v) is 9.57. The summed E-state index contributed by atoms with van der Waals surface area (Å²) in [6.45, 7) is 7.65. The highest BCUT2D eigenvalue weighted by Gasteiger charge is 2.23. The van der Waals surface area contributed by atoms with Crippen molar-refractivity contribution in [1.82, 2.24) is 0 Å². The molecular formula is C22H29NO4. The van der Waals surface area contributed by atoms with E-state index >= 15 is 0 Å². The number of benzene rings is 2. The third-order valence-electron chi connectivity index (χ3n) is 3.83. The average molecular weight is 371 g/mol. The molecule has 0 saturated heterocycles. The van der Waals surface area contributed by atoms with Crippen LogP contribution in [-0.2, 0) is 0 Å². The van der Waals surface area contributed by atoms with Gasteiger partial charge in [0.2, 0.25) is 5.75 Å². The van der Waals surface area contributed by atoms with Crippen LogP contribution in [0.2, 0.25) is 0 Å². The number of hydrogen-bond acceptors (Lipinski definition) is 5.